The van der Waals surface area contributed by atoms with Crippen molar-refractivity contribution >= 4 is 11.1 Å². The van der Waals surface area contributed by atoms with E-state index < -0.39 is 11.1 Å². The molecular weight excluding hydrogens is 172 g/mol. The van der Waals surface area contributed by atoms with Gasteiger partial charge in [0.15, 0.2) is 11.1 Å². The summed E-state index contributed by atoms with van der Waals surface area (Å²) in [7, 11) is 0. The normalized spacial score (nSPS) is 25.7. The monoisotopic (exact) mass is 186 g/mol. The summed E-state index contributed by atoms with van der Waals surface area (Å²) >= 11 is -1.81. The fraction of sp³-hybridized carbons (Fsp3) is 0.556. The van der Waals surface area contributed by atoms with Gasteiger partial charge in [0.1, 0.15) is 0 Å². The molecule has 1 N–H and O–H groups in total. The Labute approximate surface area is 75.7 Å². The first kappa shape index (κ1) is 9.68. The topological polar surface area (TPSA) is 37.3 Å². The summed E-state index contributed by atoms with van der Waals surface area (Å²) in [4.78, 5) is 0.534. The molecule has 3 heteroatoms. The molecule has 1 aliphatic carbocycles. The molecule has 1 aliphatic rings. The molecule has 0 spiro atoms. The van der Waals surface area contributed by atoms with Crippen LogP contribution in [0.25, 0.3) is 0 Å². The van der Waals surface area contributed by atoms with Gasteiger partial charge >= 0.3 is 0 Å². The van der Waals surface area contributed by atoms with Crippen LogP contribution in [0.2, 0.25) is 0 Å². The van der Waals surface area contributed by atoms with E-state index in [9.17, 15) is 4.21 Å². The molecule has 68 valence electrons. The minimum absolute atomic E-state index is 0.525. The van der Waals surface area contributed by atoms with Crippen molar-refractivity contribution in [3.63, 3.8) is 0 Å². The van der Waals surface area contributed by atoms with E-state index in [1.807, 2.05) is 12.2 Å². The van der Waals surface area contributed by atoms with Crippen molar-refractivity contribution in [1.29, 1.82) is 0 Å². The fourth-order valence-corrected chi connectivity index (χ4v) is 1.67. The third-order valence-corrected chi connectivity index (χ3v) is 2.86. The van der Waals surface area contributed by atoms with Crippen LogP contribution in [0.15, 0.2) is 23.1 Å². The molecule has 2 atom stereocenters. The molecule has 2 nitrogen and oxygen atoms in total. The van der Waals surface area contributed by atoms with Crippen LogP contribution in [0.5, 0.6) is 0 Å². The molecular formula is C9H14O2S. The number of hydrogen-bond donors (Lipinski definition) is 1. The van der Waals surface area contributed by atoms with E-state index in [4.69, 9.17) is 4.55 Å². The Kier molecular flexibility index (Phi) is 3.23. The van der Waals surface area contributed by atoms with Crippen LogP contribution in [0, 0.1) is 11.8 Å². The van der Waals surface area contributed by atoms with Crippen molar-refractivity contribution in [2.45, 2.75) is 20.3 Å². The lowest BCUT2D eigenvalue weighted by atomic mass is 9.90. The lowest BCUT2D eigenvalue weighted by Gasteiger charge is -2.18. The number of hydrogen-bond acceptors (Lipinski definition) is 1. The quantitative estimate of drug-likeness (QED) is 0.672. The summed E-state index contributed by atoms with van der Waals surface area (Å²) in [6.45, 7) is 4.31. The van der Waals surface area contributed by atoms with Crippen molar-refractivity contribution in [3.8, 4) is 0 Å². The zero-order valence-electron chi connectivity index (χ0n) is 7.36. The van der Waals surface area contributed by atoms with E-state index in [-0.39, 0.29) is 0 Å². The van der Waals surface area contributed by atoms with Crippen LogP contribution in [0.3, 0.4) is 0 Å². The van der Waals surface area contributed by atoms with Gasteiger partial charge in [0.05, 0.1) is 4.91 Å². The van der Waals surface area contributed by atoms with Crippen molar-refractivity contribution in [1.82, 2.24) is 0 Å². The predicted octanol–water partition coefficient (Wildman–Crippen LogP) is 2.32. The van der Waals surface area contributed by atoms with Gasteiger partial charge in [-0.1, -0.05) is 26.0 Å². The Morgan fingerprint density at radius 2 is 2.33 bits per heavy atom. The van der Waals surface area contributed by atoms with Crippen LogP contribution in [-0.4, -0.2) is 8.76 Å². The molecule has 0 heterocycles. The van der Waals surface area contributed by atoms with E-state index in [1.165, 1.54) is 0 Å². The largest absolute Gasteiger partial charge is 0.302 e. The number of rotatable bonds is 2. The van der Waals surface area contributed by atoms with Gasteiger partial charge in [-0.2, -0.15) is 0 Å². The maximum atomic E-state index is 10.6. The van der Waals surface area contributed by atoms with Gasteiger partial charge in [-0.05, 0) is 24.3 Å². The fourth-order valence-electron chi connectivity index (χ4n) is 1.24. The average molecular weight is 186 g/mol. The summed E-state index contributed by atoms with van der Waals surface area (Å²) in [5, 5.41) is 0. The van der Waals surface area contributed by atoms with Crippen LogP contribution < -0.4 is 0 Å². The first-order chi connectivity index (χ1) is 5.61. The summed E-state index contributed by atoms with van der Waals surface area (Å²) in [5.74, 6) is 1.13. The third-order valence-electron chi connectivity index (χ3n) is 2.16. The molecule has 0 saturated heterocycles. The van der Waals surface area contributed by atoms with E-state index >= 15 is 0 Å². The molecule has 0 aliphatic heterocycles. The Morgan fingerprint density at radius 1 is 1.67 bits per heavy atom. The maximum Gasteiger partial charge on any atom is 0.186 e. The zero-order valence-corrected chi connectivity index (χ0v) is 8.17. The highest BCUT2D eigenvalue weighted by Crippen LogP contribution is 2.23. The van der Waals surface area contributed by atoms with Crippen LogP contribution in [0.1, 0.15) is 20.3 Å². The molecule has 0 aromatic rings. The van der Waals surface area contributed by atoms with Crippen LogP contribution in [0.4, 0.5) is 0 Å². The zero-order chi connectivity index (χ0) is 9.14. The standard InChI is InChI=1S/C9H14O2S/c1-7(2)8-3-5-9(6-4-8)12(10)11/h3,5-8H,4H2,1-2H3,(H,10,11). The van der Waals surface area contributed by atoms with Crippen LogP contribution >= 0.6 is 0 Å². The Hall–Kier alpha value is -0.410. The summed E-state index contributed by atoms with van der Waals surface area (Å²) in [5.41, 5.74) is 0. The molecule has 0 saturated carbocycles. The lowest BCUT2D eigenvalue weighted by molar-refractivity contribution is 0.466. The summed E-state index contributed by atoms with van der Waals surface area (Å²) in [6, 6.07) is 0. The second kappa shape index (κ2) is 4.01. The van der Waals surface area contributed by atoms with E-state index in [1.54, 1.807) is 6.08 Å². The summed E-state index contributed by atoms with van der Waals surface area (Å²) in [6.07, 6.45) is 6.51. The van der Waals surface area contributed by atoms with E-state index in [2.05, 4.69) is 13.8 Å². The molecule has 0 aromatic carbocycles. The minimum Gasteiger partial charge on any atom is -0.302 e. The van der Waals surface area contributed by atoms with Gasteiger partial charge in [0.2, 0.25) is 0 Å². The van der Waals surface area contributed by atoms with Gasteiger partial charge in [-0.25, -0.2) is 4.21 Å². The van der Waals surface area contributed by atoms with E-state index in [0.717, 1.165) is 6.42 Å². The SMILES string of the molecule is CC(C)C1C=CC(S(=O)O)=CC1. The highest BCUT2D eigenvalue weighted by Gasteiger charge is 2.13. The lowest BCUT2D eigenvalue weighted by Crippen LogP contribution is -2.08. The van der Waals surface area contributed by atoms with E-state index in [0.29, 0.717) is 16.7 Å². The van der Waals surface area contributed by atoms with Crippen molar-refractivity contribution < 1.29 is 8.76 Å². The molecule has 12 heavy (non-hydrogen) atoms. The molecule has 0 amide bonds. The van der Waals surface area contributed by atoms with Gasteiger partial charge < -0.3 is 4.55 Å². The Balaban J connectivity index is 2.61. The molecule has 1 rings (SSSR count). The van der Waals surface area contributed by atoms with Gasteiger partial charge in [-0.15, -0.1) is 0 Å². The second-order valence-electron chi connectivity index (χ2n) is 3.36. The predicted molar refractivity (Wildman–Crippen MR) is 50.9 cm³/mol. The van der Waals surface area contributed by atoms with Crippen molar-refractivity contribution in [2.75, 3.05) is 0 Å². The van der Waals surface area contributed by atoms with Gasteiger partial charge in [0, 0.05) is 0 Å². The molecule has 0 fully saturated rings. The number of allylic oxidation sites excluding steroid dienone is 3. The first-order valence-electron chi connectivity index (χ1n) is 4.10. The minimum atomic E-state index is -1.81. The van der Waals surface area contributed by atoms with Crippen molar-refractivity contribution in [2.24, 2.45) is 11.8 Å². The molecule has 0 aromatic heterocycles. The first-order valence-corrected chi connectivity index (χ1v) is 5.21. The third kappa shape index (κ3) is 2.29. The highest BCUT2D eigenvalue weighted by atomic mass is 32.2. The average Bonchev–Trinajstić information content (AvgIpc) is 2.04. The Bertz CT molecular complexity index is 241. The highest BCUT2D eigenvalue weighted by molar-refractivity contribution is 7.83. The molecule has 2 unspecified atom stereocenters. The second-order valence-corrected chi connectivity index (χ2v) is 4.33. The molecule has 0 bridgehead atoms. The Morgan fingerprint density at radius 3 is 2.67 bits per heavy atom. The van der Waals surface area contributed by atoms with Gasteiger partial charge in [-0.3, -0.25) is 0 Å². The maximum absolute atomic E-state index is 10.6. The molecule has 0 radical (unpaired) electrons. The van der Waals surface area contributed by atoms with Crippen LogP contribution in [-0.2, 0) is 11.1 Å². The smallest absolute Gasteiger partial charge is 0.186 e. The van der Waals surface area contributed by atoms with Crippen molar-refractivity contribution in [3.05, 3.63) is 23.1 Å². The van der Waals surface area contributed by atoms with Gasteiger partial charge in [0.25, 0.3) is 0 Å². The summed E-state index contributed by atoms with van der Waals surface area (Å²) < 4.78 is 19.4.